The number of aromatic nitrogens is 1. The van der Waals surface area contributed by atoms with Crippen molar-refractivity contribution in [2.24, 2.45) is 0 Å². The van der Waals surface area contributed by atoms with Gasteiger partial charge in [-0.3, -0.25) is 9.28 Å². The number of halogens is 3. The summed E-state index contributed by atoms with van der Waals surface area (Å²) in [5, 5.41) is 16.2. The average Bonchev–Trinajstić information content (AvgIpc) is 3.41. The maximum atomic E-state index is 11.0. The van der Waals surface area contributed by atoms with E-state index in [4.69, 9.17) is 29.1 Å². The van der Waals surface area contributed by atoms with Gasteiger partial charge in [-0.15, -0.1) is 0 Å². The lowest BCUT2D eigenvalue weighted by Crippen LogP contribution is -2.34. The van der Waals surface area contributed by atoms with E-state index in [1.165, 1.54) is 11.3 Å². The summed E-state index contributed by atoms with van der Waals surface area (Å²) >= 11 is 0. The summed E-state index contributed by atoms with van der Waals surface area (Å²) in [6.07, 6.45) is -2.44. The molecule has 0 saturated carbocycles. The predicted molar refractivity (Wildman–Crippen MR) is 139 cm³/mol. The van der Waals surface area contributed by atoms with Gasteiger partial charge >= 0.3 is 18.1 Å². The third-order valence-corrected chi connectivity index (χ3v) is 6.35. The van der Waals surface area contributed by atoms with E-state index in [9.17, 15) is 18.0 Å². The summed E-state index contributed by atoms with van der Waals surface area (Å²) in [6.45, 7) is 2.44. The molecule has 1 aromatic heterocycles. The maximum absolute atomic E-state index is 11.0. The van der Waals surface area contributed by atoms with Crippen LogP contribution in [0, 0.1) is 6.92 Å². The predicted octanol–water partition coefficient (Wildman–Crippen LogP) is 5.61. The maximum Gasteiger partial charge on any atom is 0.490 e. The van der Waals surface area contributed by atoms with Crippen LogP contribution in [0.25, 0.3) is 11.5 Å². The van der Waals surface area contributed by atoms with E-state index in [1.807, 2.05) is 31.2 Å². The standard InChI is InChI=1S/C26H30N2O4.C2HF3O2/c1-17-24(27-26(32-17)20-6-5-7-21(14-20)28(2,3)4)12-13-31-22-10-11-23-18(15-22)8-9-19(23)16-25(29)30;3-2(4,5)1(6)7/h5-7,10-11,14-15,19H,8-9,12-13,16H2,1-4H3;(H,6,7)/p+1/t19-;/m1./s1. The number of carbonyl (C=O) groups is 2. The van der Waals surface area contributed by atoms with E-state index < -0.39 is 18.1 Å². The van der Waals surface area contributed by atoms with Gasteiger partial charge in [-0.1, -0.05) is 12.1 Å². The van der Waals surface area contributed by atoms with Gasteiger partial charge in [0.25, 0.3) is 0 Å². The Morgan fingerprint density at radius 1 is 1.13 bits per heavy atom. The summed E-state index contributed by atoms with van der Waals surface area (Å²) in [5.41, 5.74) is 5.41. The lowest BCUT2D eigenvalue weighted by atomic mass is 9.98. The van der Waals surface area contributed by atoms with Crippen LogP contribution < -0.4 is 9.22 Å². The van der Waals surface area contributed by atoms with E-state index in [0.717, 1.165) is 45.7 Å². The van der Waals surface area contributed by atoms with Crippen molar-refractivity contribution < 1.29 is 42.1 Å². The van der Waals surface area contributed by atoms with Gasteiger partial charge in [0, 0.05) is 18.1 Å². The molecule has 2 N–H and O–H groups in total. The van der Waals surface area contributed by atoms with Gasteiger partial charge in [0.15, 0.2) is 0 Å². The zero-order valence-electron chi connectivity index (χ0n) is 22.2. The summed E-state index contributed by atoms with van der Waals surface area (Å²) < 4.78 is 44.4. The number of carboxylic acids is 2. The van der Waals surface area contributed by atoms with Crippen molar-refractivity contribution in [3.05, 3.63) is 65.0 Å². The number of benzene rings is 2. The van der Waals surface area contributed by atoms with Gasteiger partial charge in [0.1, 0.15) is 17.2 Å². The Kier molecular flexibility index (Phi) is 9.06. The highest BCUT2D eigenvalue weighted by atomic mass is 19.4. The van der Waals surface area contributed by atoms with E-state index in [-0.39, 0.29) is 12.3 Å². The van der Waals surface area contributed by atoms with Gasteiger partial charge in [0.2, 0.25) is 5.89 Å². The Morgan fingerprint density at radius 2 is 1.82 bits per heavy atom. The molecule has 1 aliphatic carbocycles. The quantitative estimate of drug-likeness (QED) is 0.352. The average molecular weight is 550 g/mol. The molecular formula is C28H32F3N2O6+. The largest absolute Gasteiger partial charge is 0.493 e. The molecule has 0 amide bonds. The summed E-state index contributed by atoms with van der Waals surface area (Å²) in [4.78, 5) is 24.7. The molecule has 0 aliphatic heterocycles. The highest BCUT2D eigenvalue weighted by Gasteiger charge is 2.38. The number of fused-ring (bicyclic) bond motifs is 1. The van der Waals surface area contributed by atoms with Crippen molar-refractivity contribution in [3.63, 3.8) is 0 Å². The van der Waals surface area contributed by atoms with Crippen LogP contribution in [-0.4, -0.2) is 61.1 Å². The highest BCUT2D eigenvalue weighted by Crippen LogP contribution is 2.37. The second-order valence-electron chi connectivity index (χ2n) is 10.2. The molecule has 1 heterocycles. The van der Waals surface area contributed by atoms with Crippen LogP contribution in [0.1, 0.15) is 41.3 Å². The Bertz CT molecular complexity index is 1330. The third kappa shape index (κ3) is 8.06. The number of carboxylic acid groups (broad SMARTS) is 2. The summed E-state index contributed by atoms with van der Waals surface area (Å²) in [6, 6.07) is 14.3. The minimum atomic E-state index is -5.08. The van der Waals surface area contributed by atoms with Gasteiger partial charge < -0.3 is 19.4 Å². The summed E-state index contributed by atoms with van der Waals surface area (Å²) in [7, 11) is 6.40. The minimum absolute atomic E-state index is 0.114. The fourth-order valence-electron chi connectivity index (χ4n) is 4.30. The number of aryl methyl sites for hydroxylation is 2. The number of hydrogen-bond acceptors (Lipinski definition) is 5. The molecule has 0 radical (unpaired) electrons. The normalized spacial score (nSPS) is 14.8. The molecule has 1 atom stereocenters. The molecule has 39 heavy (non-hydrogen) atoms. The van der Waals surface area contributed by atoms with Crippen molar-refractivity contribution in [2.45, 2.75) is 44.7 Å². The molecule has 0 spiro atoms. The number of hydrogen-bond donors (Lipinski definition) is 2. The zero-order chi connectivity index (χ0) is 29.0. The number of aliphatic carboxylic acids is 2. The van der Waals surface area contributed by atoms with Crippen LogP contribution in [-0.2, 0) is 22.4 Å². The van der Waals surface area contributed by atoms with Gasteiger partial charge in [-0.2, -0.15) is 13.2 Å². The summed E-state index contributed by atoms with van der Waals surface area (Å²) in [5.74, 6) is -1.12. The number of nitrogens with zero attached hydrogens (tertiary/aromatic N) is 2. The molecule has 0 bridgehead atoms. The lowest BCUT2D eigenvalue weighted by molar-refractivity contribution is -0.192. The van der Waals surface area contributed by atoms with Crippen molar-refractivity contribution in [1.29, 1.82) is 0 Å². The fourth-order valence-corrected chi connectivity index (χ4v) is 4.30. The van der Waals surface area contributed by atoms with E-state index >= 15 is 0 Å². The second kappa shape index (κ2) is 11.9. The number of quaternary nitrogens is 1. The Hall–Kier alpha value is -3.86. The topological polar surface area (TPSA) is 110 Å². The minimum Gasteiger partial charge on any atom is -0.493 e. The van der Waals surface area contributed by atoms with Gasteiger partial charge in [-0.25, -0.2) is 9.78 Å². The zero-order valence-corrected chi connectivity index (χ0v) is 22.2. The van der Waals surface area contributed by atoms with E-state index in [2.05, 4.69) is 39.3 Å². The molecule has 8 nitrogen and oxygen atoms in total. The van der Waals surface area contributed by atoms with Crippen LogP contribution in [0.5, 0.6) is 5.75 Å². The van der Waals surface area contributed by atoms with E-state index in [0.29, 0.717) is 18.9 Å². The Labute approximate surface area is 224 Å². The molecule has 1 aliphatic rings. The van der Waals surface area contributed by atoms with E-state index in [1.54, 1.807) is 0 Å². The molecule has 0 fully saturated rings. The fraction of sp³-hybridized carbons (Fsp3) is 0.393. The van der Waals surface area contributed by atoms with Crippen LogP contribution in [0.3, 0.4) is 0 Å². The van der Waals surface area contributed by atoms with Crippen molar-refractivity contribution in [2.75, 3.05) is 27.7 Å². The molecule has 0 unspecified atom stereocenters. The molecule has 4 rings (SSSR count). The first-order chi connectivity index (χ1) is 18.1. The van der Waals surface area contributed by atoms with Crippen LogP contribution in [0.15, 0.2) is 46.9 Å². The molecule has 0 saturated heterocycles. The van der Waals surface area contributed by atoms with Crippen molar-refractivity contribution in [1.82, 2.24) is 9.47 Å². The first-order valence-electron chi connectivity index (χ1n) is 12.3. The van der Waals surface area contributed by atoms with Crippen molar-refractivity contribution in [3.8, 4) is 17.2 Å². The van der Waals surface area contributed by atoms with Gasteiger partial charge in [-0.05, 0) is 61.1 Å². The number of ether oxygens (including phenoxy) is 1. The highest BCUT2D eigenvalue weighted by molar-refractivity contribution is 5.73. The monoisotopic (exact) mass is 549 g/mol. The molecular weight excluding hydrogens is 517 g/mol. The lowest BCUT2D eigenvalue weighted by Gasteiger charge is -2.23. The van der Waals surface area contributed by atoms with Crippen LogP contribution >= 0.6 is 0 Å². The Morgan fingerprint density at radius 3 is 2.44 bits per heavy atom. The molecule has 11 heteroatoms. The number of oxazole rings is 1. The van der Waals surface area contributed by atoms with Crippen molar-refractivity contribution >= 4 is 17.6 Å². The first-order valence-corrected chi connectivity index (χ1v) is 12.3. The van der Waals surface area contributed by atoms with Crippen LogP contribution in [0.2, 0.25) is 0 Å². The molecule has 2 aromatic carbocycles. The second-order valence-corrected chi connectivity index (χ2v) is 10.2. The van der Waals surface area contributed by atoms with Crippen LogP contribution in [0.4, 0.5) is 18.9 Å². The smallest absolute Gasteiger partial charge is 0.490 e. The third-order valence-electron chi connectivity index (χ3n) is 6.35. The Balaban J connectivity index is 0.000000532. The number of alkyl halides is 3. The first kappa shape index (κ1) is 29.7. The van der Waals surface area contributed by atoms with Gasteiger partial charge in [0.05, 0.1) is 39.9 Å². The number of rotatable bonds is 8. The molecule has 3 aromatic rings. The SMILES string of the molecule is Cc1oc(-c2cccc([N+](C)(C)C)c2)nc1CCOc1ccc2c(c1)CC[C@@H]2CC(=O)O.O=C(O)C(F)(F)F. The molecule has 210 valence electrons.